The third-order valence-corrected chi connectivity index (χ3v) is 5.66. The van der Waals surface area contributed by atoms with Crippen LogP contribution in [0.1, 0.15) is 31.4 Å². The number of nitrogens with one attached hydrogen (secondary N) is 1. The number of hydrogen-bond donors (Lipinski definition) is 2. The first-order valence-electron chi connectivity index (χ1n) is 11.0. The van der Waals surface area contributed by atoms with Gasteiger partial charge in [0.1, 0.15) is 5.60 Å². The summed E-state index contributed by atoms with van der Waals surface area (Å²) in [6, 6.07) is 21.7. The number of hydrogen-bond acceptors (Lipinski definition) is 4. The number of halogens is 3. The number of rotatable bonds is 8. The summed E-state index contributed by atoms with van der Waals surface area (Å²) in [7, 11) is 0. The van der Waals surface area contributed by atoms with Crippen LogP contribution in [-0.4, -0.2) is 49.7 Å². The van der Waals surface area contributed by atoms with E-state index in [1.54, 1.807) is 0 Å². The standard InChI is InChI=1S/C23H31NO2.C2HF3O2/c1-3-22(19(2)16-20-10-6-4-7-11-20)24-17-23(18-25-14-15-26-23)21-12-8-5-9-13-21;3-2(4,5)1(6)7/h4-13,19,22,24H,3,14-18H2,1-2H3;(H,6,7). The molecule has 0 spiro atoms. The van der Waals surface area contributed by atoms with Gasteiger partial charge in [0.15, 0.2) is 0 Å². The molecule has 8 heteroatoms. The highest BCUT2D eigenvalue weighted by atomic mass is 19.4. The second-order valence-electron chi connectivity index (χ2n) is 8.13. The van der Waals surface area contributed by atoms with Gasteiger partial charge in [-0.05, 0) is 29.9 Å². The Bertz CT molecular complexity index is 825. The fourth-order valence-corrected chi connectivity index (χ4v) is 3.86. The number of ether oxygens (including phenoxy) is 2. The molecule has 1 fully saturated rings. The van der Waals surface area contributed by atoms with E-state index in [4.69, 9.17) is 19.4 Å². The lowest BCUT2D eigenvalue weighted by atomic mass is 9.89. The zero-order valence-electron chi connectivity index (χ0n) is 19.0. The van der Waals surface area contributed by atoms with Crippen LogP contribution < -0.4 is 5.32 Å². The number of aliphatic carboxylic acids is 1. The Morgan fingerprint density at radius 1 is 1.09 bits per heavy atom. The van der Waals surface area contributed by atoms with Crippen molar-refractivity contribution in [3.05, 3.63) is 71.8 Å². The Balaban J connectivity index is 0.000000479. The molecule has 0 radical (unpaired) electrons. The van der Waals surface area contributed by atoms with Gasteiger partial charge in [0.05, 0.1) is 19.8 Å². The topological polar surface area (TPSA) is 67.8 Å². The number of carboxylic acid groups (broad SMARTS) is 1. The molecule has 1 aliphatic rings. The average Bonchev–Trinajstić information content (AvgIpc) is 2.81. The molecule has 2 N–H and O–H groups in total. The summed E-state index contributed by atoms with van der Waals surface area (Å²) in [6.45, 7) is 7.29. The van der Waals surface area contributed by atoms with E-state index in [0.717, 1.165) is 19.4 Å². The predicted octanol–water partition coefficient (Wildman–Crippen LogP) is 4.81. The van der Waals surface area contributed by atoms with Crippen LogP contribution in [0.25, 0.3) is 0 Å². The largest absolute Gasteiger partial charge is 0.490 e. The lowest BCUT2D eigenvalue weighted by molar-refractivity contribution is -0.192. The maximum atomic E-state index is 10.6. The summed E-state index contributed by atoms with van der Waals surface area (Å²) in [5.41, 5.74) is 2.20. The van der Waals surface area contributed by atoms with Crippen LogP contribution in [0, 0.1) is 5.92 Å². The molecular formula is C25H32F3NO4. The van der Waals surface area contributed by atoms with Crippen LogP contribution in [0.15, 0.2) is 60.7 Å². The third-order valence-electron chi connectivity index (χ3n) is 5.66. The molecule has 0 amide bonds. The van der Waals surface area contributed by atoms with E-state index in [1.807, 2.05) is 6.07 Å². The first-order chi connectivity index (χ1) is 15.7. The van der Waals surface area contributed by atoms with Gasteiger partial charge in [-0.25, -0.2) is 4.79 Å². The summed E-state index contributed by atoms with van der Waals surface area (Å²) in [5.74, 6) is -2.20. The lowest BCUT2D eigenvalue weighted by Gasteiger charge is -2.39. The molecule has 3 atom stereocenters. The molecule has 1 heterocycles. The molecule has 0 saturated carbocycles. The first kappa shape index (κ1) is 26.8. The van der Waals surface area contributed by atoms with E-state index >= 15 is 0 Å². The Morgan fingerprint density at radius 2 is 1.67 bits per heavy atom. The van der Waals surface area contributed by atoms with Crippen LogP contribution in [0.2, 0.25) is 0 Å². The third kappa shape index (κ3) is 8.46. The van der Waals surface area contributed by atoms with Gasteiger partial charge in [0.25, 0.3) is 0 Å². The van der Waals surface area contributed by atoms with Crippen molar-refractivity contribution in [1.29, 1.82) is 0 Å². The number of alkyl halides is 3. The van der Waals surface area contributed by atoms with E-state index < -0.39 is 12.1 Å². The van der Waals surface area contributed by atoms with E-state index in [0.29, 0.717) is 31.8 Å². The molecule has 1 saturated heterocycles. The highest BCUT2D eigenvalue weighted by Gasteiger charge is 2.38. The summed E-state index contributed by atoms with van der Waals surface area (Å²) in [6.07, 6.45) is -2.90. The van der Waals surface area contributed by atoms with Gasteiger partial charge in [-0.2, -0.15) is 13.2 Å². The van der Waals surface area contributed by atoms with Crippen LogP contribution in [-0.2, 0) is 26.3 Å². The summed E-state index contributed by atoms with van der Waals surface area (Å²) >= 11 is 0. The molecule has 0 bridgehead atoms. The number of carboxylic acids is 1. The Hall–Kier alpha value is -2.42. The van der Waals surface area contributed by atoms with E-state index in [1.165, 1.54) is 11.1 Å². The maximum Gasteiger partial charge on any atom is 0.490 e. The van der Waals surface area contributed by atoms with Crippen LogP contribution in [0.4, 0.5) is 13.2 Å². The number of benzene rings is 2. The second kappa shape index (κ2) is 12.7. The van der Waals surface area contributed by atoms with Gasteiger partial charge >= 0.3 is 12.1 Å². The minimum absolute atomic E-state index is 0.389. The average molecular weight is 468 g/mol. The van der Waals surface area contributed by atoms with Gasteiger partial charge in [-0.1, -0.05) is 74.5 Å². The Morgan fingerprint density at radius 3 is 2.15 bits per heavy atom. The van der Waals surface area contributed by atoms with Crippen molar-refractivity contribution in [2.45, 2.75) is 44.5 Å². The lowest BCUT2D eigenvalue weighted by Crippen LogP contribution is -2.51. The van der Waals surface area contributed by atoms with Crippen molar-refractivity contribution in [3.8, 4) is 0 Å². The quantitative estimate of drug-likeness (QED) is 0.583. The summed E-state index contributed by atoms with van der Waals surface area (Å²) in [5, 5.41) is 10.9. The summed E-state index contributed by atoms with van der Waals surface area (Å²) in [4.78, 5) is 8.90. The fraction of sp³-hybridized carbons (Fsp3) is 0.480. The van der Waals surface area contributed by atoms with Crippen LogP contribution in [0.5, 0.6) is 0 Å². The predicted molar refractivity (Wildman–Crippen MR) is 120 cm³/mol. The van der Waals surface area contributed by atoms with Crippen molar-refractivity contribution in [2.75, 3.05) is 26.4 Å². The molecular weight excluding hydrogens is 435 g/mol. The summed E-state index contributed by atoms with van der Waals surface area (Å²) < 4.78 is 43.8. The van der Waals surface area contributed by atoms with E-state index in [2.05, 4.69) is 73.8 Å². The highest BCUT2D eigenvalue weighted by molar-refractivity contribution is 5.73. The first-order valence-corrected chi connectivity index (χ1v) is 11.0. The van der Waals surface area contributed by atoms with Crippen molar-refractivity contribution in [2.24, 2.45) is 5.92 Å². The highest BCUT2D eigenvalue weighted by Crippen LogP contribution is 2.29. The molecule has 2 aromatic carbocycles. The van der Waals surface area contributed by atoms with E-state index in [-0.39, 0.29) is 5.60 Å². The second-order valence-corrected chi connectivity index (χ2v) is 8.13. The molecule has 0 aromatic heterocycles. The molecule has 3 unspecified atom stereocenters. The maximum absolute atomic E-state index is 10.6. The minimum Gasteiger partial charge on any atom is -0.475 e. The molecule has 0 aliphatic carbocycles. The Labute approximate surface area is 192 Å². The van der Waals surface area contributed by atoms with E-state index in [9.17, 15) is 13.2 Å². The zero-order chi connectivity index (χ0) is 24.3. The molecule has 1 aliphatic heterocycles. The van der Waals surface area contributed by atoms with Crippen LogP contribution in [0.3, 0.4) is 0 Å². The molecule has 33 heavy (non-hydrogen) atoms. The molecule has 2 aromatic rings. The smallest absolute Gasteiger partial charge is 0.475 e. The van der Waals surface area contributed by atoms with Crippen molar-refractivity contribution in [1.82, 2.24) is 5.32 Å². The van der Waals surface area contributed by atoms with Gasteiger partial charge in [0.2, 0.25) is 0 Å². The fourth-order valence-electron chi connectivity index (χ4n) is 3.86. The van der Waals surface area contributed by atoms with Crippen molar-refractivity contribution >= 4 is 5.97 Å². The minimum atomic E-state index is -5.08. The Kier molecular flexibility index (Phi) is 10.3. The van der Waals surface area contributed by atoms with Gasteiger partial charge in [0, 0.05) is 12.6 Å². The van der Waals surface area contributed by atoms with Crippen molar-refractivity contribution in [3.63, 3.8) is 0 Å². The SMILES string of the molecule is CCC(NCC1(c2ccccc2)COCCO1)C(C)Cc1ccccc1.O=C(O)C(F)(F)F. The van der Waals surface area contributed by atoms with Gasteiger partial charge in [-0.3, -0.25) is 0 Å². The monoisotopic (exact) mass is 467 g/mol. The van der Waals surface area contributed by atoms with Crippen molar-refractivity contribution < 1.29 is 32.5 Å². The molecule has 5 nitrogen and oxygen atoms in total. The molecule has 182 valence electrons. The van der Waals surface area contributed by atoms with Crippen LogP contribution >= 0.6 is 0 Å². The number of carbonyl (C=O) groups is 1. The zero-order valence-corrected chi connectivity index (χ0v) is 19.0. The molecule has 3 rings (SSSR count). The van der Waals surface area contributed by atoms with Gasteiger partial charge in [-0.15, -0.1) is 0 Å². The normalized spacial score (nSPS) is 20.3. The van der Waals surface area contributed by atoms with Gasteiger partial charge < -0.3 is 19.9 Å².